The standard InChI is InChI=1S/C12H15BrN2O2S3/c1-2-14-7-11-12(3-4-18-11)20(16,17)15-6-10-5-9(13)8-19-10/h3-5,8,14-15H,2,6-7H2,1H3. The molecule has 0 amide bonds. The lowest BCUT2D eigenvalue weighted by Gasteiger charge is -2.07. The Kier molecular flexibility index (Phi) is 5.76. The SMILES string of the molecule is CCNCc1sccc1S(=O)(=O)NCc1cc(Br)cs1. The van der Waals surface area contributed by atoms with E-state index < -0.39 is 10.0 Å². The lowest BCUT2D eigenvalue weighted by Crippen LogP contribution is -2.24. The van der Waals surface area contributed by atoms with Gasteiger partial charge in [0.25, 0.3) is 0 Å². The number of hydrogen-bond acceptors (Lipinski definition) is 5. The van der Waals surface area contributed by atoms with E-state index >= 15 is 0 Å². The van der Waals surface area contributed by atoms with E-state index in [1.807, 2.05) is 23.8 Å². The van der Waals surface area contributed by atoms with Crippen molar-refractivity contribution in [2.45, 2.75) is 24.9 Å². The van der Waals surface area contributed by atoms with Crippen molar-refractivity contribution in [3.63, 3.8) is 0 Å². The Labute approximate surface area is 135 Å². The van der Waals surface area contributed by atoms with Crippen LogP contribution in [-0.2, 0) is 23.1 Å². The first-order valence-electron chi connectivity index (χ1n) is 6.02. The summed E-state index contributed by atoms with van der Waals surface area (Å²) < 4.78 is 28.3. The highest BCUT2D eigenvalue weighted by Gasteiger charge is 2.19. The quantitative estimate of drug-likeness (QED) is 0.757. The first kappa shape index (κ1) is 16.1. The van der Waals surface area contributed by atoms with Crippen molar-refractivity contribution in [3.05, 3.63) is 37.1 Å². The third-order valence-electron chi connectivity index (χ3n) is 2.59. The summed E-state index contributed by atoms with van der Waals surface area (Å²) in [4.78, 5) is 2.19. The van der Waals surface area contributed by atoms with Crippen molar-refractivity contribution >= 4 is 48.6 Å². The fourth-order valence-corrected chi connectivity index (χ4v) is 5.53. The topological polar surface area (TPSA) is 58.2 Å². The van der Waals surface area contributed by atoms with Crippen LogP contribution in [0.5, 0.6) is 0 Å². The molecule has 2 aromatic rings. The van der Waals surface area contributed by atoms with Gasteiger partial charge in [0.2, 0.25) is 10.0 Å². The fraction of sp³-hybridized carbons (Fsp3) is 0.333. The second-order valence-electron chi connectivity index (χ2n) is 4.04. The molecule has 0 aliphatic rings. The minimum absolute atomic E-state index is 0.315. The van der Waals surface area contributed by atoms with Crippen molar-refractivity contribution in [2.24, 2.45) is 0 Å². The summed E-state index contributed by atoms with van der Waals surface area (Å²) in [5.74, 6) is 0. The van der Waals surface area contributed by atoms with Gasteiger partial charge < -0.3 is 5.32 Å². The summed E-state index contributed by atoms with van der Waals surface area (Å²) in [5, 5.41) is 6.90. The number of hydrogen-bond donors (Lipinski definition) is 2. The van der Waals surface area contributed by atoms with E-state index in [4.69, 9.17) is 0 Å². The summed E-state index contributed by atoms with van der Waals surface area (Å²) in [6, 6.07) is 3.57. The Balaban J connectivity index is 2.08. The molecular weight excluding hydrogens is 380 g/mol. The van der Waals surface area contributed by atoms with Crippen LogP contribution in [0, 0.1) is 0 Å². The maximum Gasteiger partial charge on any atom is 0.242 e. The lowest BCUT2D eigenvalue weighted by atomic mass is 10.4. The summed E-state index contributed by atoms with van der Waals surface area (Å²) >= 11 is 6.34. The summed E-state index contributed by atoms with van der Waals surface area (Å²) in [6.07, 6.45) is 0. The van der Waals surface area contributed by atoms with E-state index in [0.717, 1.165) is 20.8 Å². The highest BCUT2D eigenvalue weighted by atomic mass is 79.9. The first-order chi connectivity index (χ1) is 9.53. The molecule has 2 aromatic heterocycles. The van der Waals surface area contributed by atoms with Gasteiger partial charge in [0.05, 0.1) is 4.90 Å². The zero-order valence-electron chi connectivity index (χ0n) is 10.8. The van der Waals surface area contributed by atoms with Gasteiger partial charge in [-0.25, -0.2) is 13.1 Å². The van der Waals surface area contributed by atoms with Crippen LogP contribution in [0.25, 0.3) is 0 Å². The molecule has 2 rings (SSSR count). The summed E-state index contributed by atoms with van der Waals surface area (Å²) in [7, 11) is -3.46. The van der Waals surface area contributed by atoms with Crippen LogP contribution in [-0.4, -0.2) is 15.0 Å². The van der Waals surface area contributed by atoms with Gasteiger partial charge in [0, 0.05) is 32.7 Å². The molecular formula is C12H15BrN2O2S3. The molecule has 110 valence electrons. The minimum Gasteiger partial charge on any atom is -0.312 e. The normalized spacial score (nSPS) is 11.9. The second-order valence-corrected chi connectivity index (χ2v) is 8.69. The predicted octanol–water partition coefficient (Wildman–Crippen LogP) is 3.16. The molecule has 0 saturated heterocycles. The van der Waals surface area contributed by atoms with Crippen LogP contribution in [0.1, 0.15) is 16.7 Å². The average Bonchev–Trinajstić information content (AvgIpc) is 3.03. The number of halogens is 1. The van der Waals surface area contributed by atoms with Gasteiger partial charge in [-0.1, -0.05) is 6.92 Å². The van der Waals surface area contributed by atoms with Gasteiger partial charge in [-0.05, 0) is 40.0 Å². The van der Waals surface area contributed by atoms with Gasteiger partial charge in [0.15, 0.2) is 0 Å². The Hall–Kier alpha value is -0.250. The maximum absolute atomic E-state index is 12.3. The molecule has 0 aliphatic heterocycles. The minimum atomic E-state index is -3.46. The average molecular weight is 395 g/mol. The maximum atomic E-state index is 12.3. The monoisotopic (exact) mass is 394 g/mol. The molecule has 0 saturated carbocycles. The van der Waals surface area contributed by atoms with Crippen LogP contribution < -0.4 is 10.0 Å². The smallest absolute Gasteiger partial charge is 0.242 e. The van der Waals surface area contributed by atoms with Crippen LogP contribution in [0.2, 0.25) is 0 Å². The zero-order chi connectivity index (χ0) is 14.6. The van der Waals surface area contributed by atoms with Gasteiger partial charge in [-0.15, -0.1) is 22.7 Å². The van der Waals surface area contributed by atoms with Crippen LogP contribution in [0.15, 0.2) is 32.3 Å². The van der Waals surface area contributed by atoms with Crippen molar-refractivity contribution in [3.8, 4) is 0 Å². The zero-order valence-corrected chi connectivity index (χ0v) is 14.9. The van der Waals surface area contributed by atoms with Crippen LogP contribution in [0.3, 0.4) is 0 Å². The van der Waals surface area contributed by atoms with E-state index in [2.05, 4.69) is 26.0 Å². The highest BCUT2D eigenvalue weighted by Crippen LogP contribution is 2.23. The van der Waals surface area contributed by atoms with Crippen LogP contribution in [0.4, 0.5) is 0 Å². The van der Waals surface area contributed by atoms with Gasteiger partial charge >= 0.3 is 0 Å². The Bertz CT molecular complexity index is 664. The molecule has 20 heavy (non-hydrogen) atoms. The molecule has 0 atom stereocenters. The second kappa shape index (κ2) is 7.15. The first-order valence-corrected chi connectivity index (χ1v) is 10.1. The molecule has 0 unspecified atom stereocenters. The van der Waals surface area contributed by atoms with E-state index in [9.17, 15) is 8.42 Å². The predicted molar refractivity (Wildman–Crippen MR) is 87.7 cm³/mol. The Morgan fingerprint density at radius 1 is 1.30 bits per heavy atom. The van der Waals surface area contributed by atoms with Crippen molar-refractivity contribution < 1.29 is 8.42 Å². The summed E-state index contributed by atoms with van der Waals surface area (Å²) in [5.41, 5.74) is 0. The summed E-state index contributed by atoms with van der Waals surface area (Å²) in [6.45, 7) is 3.70. The number of thiophene rings is 2. The van der Waals surface area contributed by atoms with Gasteiger partial charge in [0.1, 0.15) is 0 Å². The largest absolute Gasteiger partial charge is 0.312 e. The lowest BCUT2D eigenvalue weighted by molar-refractivity contribution is 0.580. The molecule has 0 fully saturated rings. The van der Waals surface area contributed by atoms with Gasteiger partial charge in [-0.2, -0.15) is 0 Å². The van der Waals surface area contributed by atoms with Crippen molar-refractivity contribution in [2.75, 3.05) is 6.54 Å². The molecule has 8 heteroatoms. The molecule has 0 radical (unpaired) electrons. The molecule has 0 aromatic carbocycles. The molecule has 2 N–H and O–H groups in total. The number of sulfonamides is 1. The fourth-order valence-electron chi connectivity index (χ4n) is 1.63. The molecule has 4 nitrogen and oxygen atoms in total. The molecule has 0 aliphatic carbocycles. The van der Waals surface area contributed by atoms with E-state index in [1.165, 1.54) is 22.7 Å². The highest BCUT2D eigenvalue weighted by molar-refractivity contribution is 9.10. The van der Waals surface area contributed by atoms with E-state index in [1.54, 1.807) is 6.07 Å². The van der Waals surface area contributed by atoms with E-state index in [-0.39, 0.29) is 0 Å². The van der Waals surface area contributed by atoms with Crippen molar-refractivity contribution in [1.29, 1.82) is 0 Å². The van der Waals surface area contributed by atoms with Gasteiger partial charge in [-0.3, -0.25) is 0 Å². The molecule has 2 heterocycles. The number of nitrogens with one attached hydrogen (secondary N) is 2. The number of rotatable bonds is 7. The third kappa shape index (κ3) is 4.12. The Morgan fingerprint density at radius 3 is 2.75 bits per heavy atom. The van der Waals surface area contributed by atoms with Crippen LogP contribution >= 0.6 is 38.6 Å². The third-order valence-corrected chi connectivity index (χ3v) is 6.82. The molecule has 0 spiro atoms. The Morgan fingerprint density at radius 2 is 2.10 bits per heavy atom. The van der Waals surface area contributed by atoms with E-state index in [0.29, 0.717) is 18.0 Å². The van der Waals surface area contributed by atoms with Crippen molar-refractivity contribution in [1.82, 2.24) is 10.0 Å². The molecule has 0 bridgehead atoms.